The molecule has 0 rings (SSSR count). The van der Waals surface area contributed by atoms with E-state index in [9.17, 15) is 14.9 Å². The Morgan fingerprint density at radius 1 is 1.67 bits per heavy atom. The molecular weight excluding hydrogens is 166 g/mol. The number of carbonyl (C=O) groups excluding carboxylic acids is 1. The zero-order valence-electron chi connectivity index (χ0n) is 6.73. The normalized spacial score (nSPS) is 11.8. The third kappa shape index (κ3) is 2.57. The molecule has 0 spiro atoms. The molecule has 6 nitrogen and oxygen atoms in total. The highest BCUT2D eigenvalue weighted by atomic mass is 16.6. The molecule has 1 N–H and O–H groups in total. The molecule has 0 atom stereocenters. The Hall–Kier alpha value is -1.59. The Morgan fingerprint density at radius 3 is 2.42 bits per heavy atom. The van der Waals surface area contributed by atoms with Crippen LogP contribution in [-0.2, 0) is 9.53 Å². The molecule has 6 heteroatoms. The number of aliphatic hydroxyl groups is 1. The summed E-state index contributed by atoms with van der Waals surface area (Å²) in [5.74, 6) is -1.78. The van der Waals surface area contributed by atoms with Crippen molar-refractivity contribution in [3.63, 3.8) is 0 Å². The average molecular weight is 175 g/mol. The molecule has 68 valence electrons. The Balaban J connectivity index is 4.67. The van der Waals surface area contributed by atoms with E-state index in [2.05, 4.69) is 4.74 Å². The number of ether oxygens (including phenoxy) is 1. The van der Waals surface area contributed by atoms with E-state index in [-0.39, 0.29) is 6.61 Å². The maximum Gasteiger partial charge on any atom is 0.413 e. The molecule has 0 aliphatic carbocycles. The zero-order valence-corrected chi connectivity index (χ0v) is 6.73. The van der Waals surface area contributed by atoms with E-state index in [4.69, 9.17) is 5.11 Å². The quantitative estimate of drug-likeness (QED) is 0.223. The molecule has 0 aliphatic rings. The van der Waals surface area contributed by atoms with Gasteiger partial charge < -0.3 is 9.84 Å². The van der Waals surface area contributed by atoms with Gasteiger partial charge in [-0.1, -0.05) is 0 Å². The van der Waals surface area contributed by atoms with E-state index < -0.39 is 22.3 Å². The Bertz CT molecular complexity index is 228. The van der Waals surface area contributed by atoms with Gasteiger partial charge in [0.1, 0.15) is 0 Å². The Morgan fingerprint density at radius 2 is 2.17 bits per heavy atom. The van der Waals surface area contributed by atoms with Crippen LogP contribution < -0.4 is 0 Å². The van der Waals surface area contributed by atoms with Gasteiger partial charge in [-0.25, -0.2) is 4.79 Å². The van der Waals surface area contributed by atoms with Crippen molar-refractivity contribution in [2.45, 2.75) is 13.8 Å². The van der Waals surface area contributed by atoms with Crippen LogP contribution in [0.4, 0.5) is 0 Å². The maximum absolute atomic E-state index is 10.7. The fourth-order valence-corrected chi connectivity index (χ4v) is 0.554. The minimum absolute atomic E-state index is 0.0312. The lowest BCUT2D eigenvalue weighted by Crippen LogP contribution is -2.16. The number of nitro groups is 1. The predicted octanol–water partition coefficient (Wildman–Crippen LogP) is 0.616. The van der Waals surface area contributed by atoms with Crippen LogP contribution in [0.15, 0.2) is 11.5 Å². The SMILES string of the molecule is CCOC(=O)/C(=C(/C)O)[N+](=O)[O-]. The lowest BCUT2D eigenvalue weighted by molar-refractivity contribution is -0.424. The summed E-state index contributed by atoms with van der Waals surface area (Å²) in [6.07, 6.45) is 0. The first-order valence-corrected chi connectivity index (χ1v) is 3.22. The smallest absolute Gasteiger partial charge is 0.413 e. The average Bonchev–Trinajstić information content (AvgIpc) is 1.85. The van der Waals surface area contributed by atoms with Gasteiger partial charge in [0.05, 0.1) is 11.5 Å². The summed E-state index contributed by atoms with van der Waals surface area (Å²) in [4.78, 5) is 19.9. The first-order chi connectivity index (χ1) is 5.50. The molecule has 0 heterocycles. The van der Waals surface area contributed by atoms with Crippen molar-refractivity contribution >= 4 is 5.97 Å². The van der Waals surface area contributed by atoms with Crippen molar-refractivity contribution < 1.29 is 19.6 Å². The fraction of sp³-hybridized carbons (Fsp3) is 0.500. The monoisotopic (exact) mass is 175 g/mol. The third-order valence-corrected chi connectivity index (χ3v) is 0.994. The van der Waals surface area contributed by atoms with E-state index in [1.54, 1.807) is 0 Å². The largest absolute Gasteiger partial charge is 0.506 e. The number of carbonyl (C=O) groups is 1. The van der Waals surface area contributed by atoms with Crippen molar-refractivity contribution in [2.24, 2.45) is 0 Å². The van der Waals surface area contributed by atoms with Crippen LogP contribution in [0.1, 0.15) is 13.8 Å². The highest BCUT2D eigenvalue weighted by molar-refractivity contribution is 5.86. The highest BCUT2D eigenvalue weighted by Crippen LogP contribution is 2.03. The van der Waals surface area contributed by atoms with Crippen LogP contribution in [0.25, 0.3) is 0 Å². The lowest BCUT2D eigenvalue weighted by atomic mass is 10.4. The number of aliphatic hydroxyl groups excluding tert-OH is 1. The van der Waals surface area contributed by atoms with Crippen LogP contribution >= 0.6 is 0 Å². The third-order valence-electron chi connectivity index (χ3n) is 0.994. The standard InChI is InChI=1S/C6H9NO5/c1-3-12-6(9)5(4(2)8)7(10)11/h8H,3H2,1-2H3/b5-4+. The molecule has 0 radical (unpaired) electrons. The molecule has 0 fully saturated rings. The number of esters is 1. The number of rotatable bonds is 3. The molecule has 0 aromatic heterocycles. The Labute approximate surface area is 68.6 Å². The molecule has 0 saturated carbocycles. The van der Waals surface area contributed by atoms with E-state index in [0.29, 0.717) is 0 Å². The summed E-state index contributed by atoms with van der Waals surface area (Å²) < 4.78 is 4.33. The molecule has 0 aromatic carbocycles. The van der Waals surface area contributed by atoms with Crippen LogP contribution in [0.2, 0.25) is 0 Å². The minimum atomic E-state index is -1.12. The van der Waals surface area contributed by atoms with Gasteiger partial charge in [-0.05, 0) is 6.92 Å². The summed E-state index contributed by atoms with van der Waals surface area (Å²) in [5, 5.41) is 18.9. The van der Waals surface area contributed by atoms with E-state index in [0.717, 1.165) is 6.92 Å². The van der Waals surface area contributed by atoms with Crippen molar-refractivity contribution in [2.75, 3.05) is 6.61 Å². The molecule has 0 aliphatic heterocycles. The predicted molar refractivity (Wildman–Crippen MR) is 39.0 cm³/mol. The number of allylic oxidation sites excluding steroid dienone is 1. The molecule has 0 bridgehead atoms. The summed E-state index contributed by atoms with van der Waals surface area (Å²) >= 11 is 0. The van der Waals surface area contributed by atoms with E-state index in [1.165, 1.54) is 6.92 Å². The number of nitrogens with zero attached hydrogens (tertiary/aromatic N) is 1. The van der Waals surface area contributed by atoms with Gasteiger partial charge in [0.25, 0.3) is 0 Å². The van der Waals surface area contributed by atoms with Crippen molar-refractivity contribution in [3.8, 4) is 0 Å². The first-order valence-electron chi connectivity index (χ1n) is 3.22. The number of hydrogen-bond donors (Lipinski definition) is 1. The van der Waals surface area contributed by atoms with E-state index >= 15 is 0 Å². The summed E-state index contributed by atoms with van der Waals surface area (Å²) in [6.45, 7) is 2.60. The second kappa shape index (κ2) is 4.32. The van der Waals surface area contributed by atoms with Crippen LogP contribution in [0, 0.1) is 10.1 Å². The molecule has 0 aromatic rings. The topological polar surface area (TPSA) is 89.7 Å². The van der Waals surface area contributed by atoms with Crippen molar-refractivity contribution in [1.29, 1.82) is 0 Å². The fourth-order valence-electron chi connectivity index (χ4n) is 0.554. The Kier molecular flexibility index (Phi) is 3.75. The summed E-state index contributed by atoms with van der Waals surface area (Å²) in [6, 6.07) is 0. The summed E-state index contributed by atoms with van der Waals surface area (Å²) in [7, 11) is 0. The second-order valence-electron chi connectivity index (χ2n) is 1.91. The van der Waals surface area contributed by atoms with Gasteiger partial charge >= 0.3 is 11.7 Å². The van der Waals surface area contributed by atoms with Crippen LogP contribution in [0.5, 0.6) is 0 Å². The first kappa shape index (κ1) is 10.4. The van der Waals surface area contributed by atoms with Crippen molar-refractivity contribution in [3.05, 3.63) is 21.6 Å². The van der Waals surface area contributed by atoms with Gasteiger partial charge in [0, 0.05) is 6.92 Å². The molecule has 0 amide bonds. The molecular formula is C6H9NO5. The van der Waals surface area contributed by atoms with E-state index in [1.807, 2.05) is 0 Å². The van der Waals surface area contributed by atoms with Gasteiger partial charge in [0.2, 0.25) is 0 Å². The van der Waals surface area contributed by atoms with Crippen molar-refractivity contribution in [1.82, 2.24) is 0 Å². The minimum Gasteiger partial charge on any atom is -0.506 e. The highest BCUT2D eigenvalue weighted by Gasteiger charge is 2.26. The summed E-state index contributed by atoms with van der Waals surface area (Å²) in [5.41, 5.74) is -0.920. The van der Waals surface area contributed by atoms with Gasteiger partial charge in [-0.3, -0.25) is 10.1 Å². The molecule has 12 heavy (non-hydrogen) atoms. The van der Waals surface area contributed by atoms with Crippen LogP contribution in [0.3, 0.4) is 0 Å². The zero-order chi connectivity index (χ0) is 9.72. The molecule has 0 unspecified atom stereocenters. The second-order valence-corrected chi connectivity index (χ2v) is 1.91. The van der Waals surface area contributed by atoms with Gasteiger partial charge in [-0.2, -0.15) is 0 Å². The van der Waals surface area contributed by atoms with Crippen LogP contribution in [-0.4, -0.2) is 22.6 Å². The van der Waals surface area contributed by atoms with Gasteiger partial charge in [0.15, 0.2) is 5.76 Å². The van der Waals surface area contributed by atoms with Gasteiger partial charge in [-0.15, -0.1) is 0 Å². The molecule has 0 saturated heterocycles. The maximum atomic E-state index is 10.7. The number of hydrogen-bond acceptors (Lipinski definition) is 5. The lowest BCUT2D eigenvalue weighted by Gasteiger charge is -1.98.